The summed E-state index contributed by atoms with van der Waals surface area (Å²) in [5, 5.41) is 5.49. The predicted molar refractivity (Wildman–Crippen MR) is 151 cm³/mol. The van der Waals surface area contributed by atoms with Crippen LogP contribution in [-0.4, -0.2) is 68.6 Å². The second-order valence-electron chi connectivity index (χ2n) is 11.2. The zero-order valence-electron chi connectivity index (χ0n) is 22.3. The van der Waals surface area contributed by atoms with E-state index in [1.54, 1.807) is 19.5 Å². The summed E-state index contributed by atoms with van der Waals surface area (Å²) in [7, 11) is 1.63. The van der Waals surface area contributed by atoms with E-state index in [1.807, 2.05) is 36.4 Å². The summed E-state index contributed by atoms with van der Waals surface area (Å²) < 4.78 is 17.0. The number of fused-ring (bicyclic) bond motifs is 2. The van der Waals surface area contributed by atoms with Gasteiger partial charge in [-0.25, -0.2) is 9.69 Å². The van der Waals surface area contributed by atoms with Crippen LogP contribution in [0, 0.1) is 5.92 Å². The molecule has 0 radical (unpaired) electrons. The highest BCUT2D eigenvalue weighted by Gasteiger charge is 2.47. The van der Waals surface area contributed by atoms with Gasteiger partial charge in [-0.1, -0.05) is 17.7 Å². The lowest BCUT2D eigenvalue weighted by Gasteiger charge is -2.52. The van der Waals surface area contributed by atoms with Crippen molar-refractivity contribution in [3.8, 4) is 5.75 Å². The van der Waals surface area contributed by atoms with Crippen molar-refractivity contribution in [2.45, 2.75) is 36.8 Å². The van der Waals surface area contributed by atoms with Crippen LogP contribution in [-0.2, 0) is 14.3 Å². The smallest absolute Gasteiger partial charge is 0.329 e. The second kappa shape index (κ2) is 9.90. The van der Waals surface area contributed by atoms with Crippen molar-refractivity contribution < 1.29 is 23.8 Å². The quantitative estimate of drug-likeness (QED) is 0.500. The van der Waals surface area contributed by atoms with E-state index in [0.29, 0.717) is 43.4 Å². The van der Waals surface area contributed by atoms with E-state index in [-0.39, 0.29) is 29.4 Å². The zero-order valence-corrected chi connectivity index (χ0v) is 23.0. The van der Waals surface area contributed by atoms with Crippen LogP contribution in [0.1, 0.15) is 30.7 Å². The molecule has 3 saturated heterocycles. The molecule has 1 aliphatic carbocycles. The zero-order chi connectivity index (χ0) is 27.4. The molecule has 9 nitrogen and oxygen atoms in total. The third-order valence-electron chi connectivity index (χ3n) is 8.83. The molecule has 1 N–H and O–H groups in total. The van der Waals surface area contributed by atoms with Gasteiger partial charge in [0, 0.05) is 33.7 Å². The number of aromatic nitrogens is 1. The van der Waals surface area contributed by atoms with E-state index in [2.05, 4.69) is 15.2 Å². The van der Waals surface area contributed by atoms with Crippen LogP contribution in [0.3, 0.4) is 0 Å². The number of benzene rings is 2. The van der Waals surface area contributed by atoms with Crippen LogP contribution in [0.5, 0.6) is 5.75 Å². The minimum Gasteiger partial charge on any atom is -0.497 e. The van der Waals surface area contributed by atoms with Crippen LogP contribution < -0.4 is 19.9 Å². The van der Waals surface area contributed by atoms with Gasteiger partial charge in [-0.15, -0.1) is 0 Å². The first-order valence-corrected chi connectivity index (χ1v) is 14.1. The van der Waals surface area contributed by atoms with Crippen LogP contribution in [0.2, 0.25) is 5.02 Å². The van der Waals surface area contributed by atoms with E-state index in [4.69, 9.17) is 25.8 Å². The molecule has 4 fully saturated rings. The maximum Gasteiger partial charge on any atom is 0.329 e. The number of hydrogen-bond acceptors (Lipinski definition) is 7. The highest BCUT2D eigenvalue weighted by atomic mass is 35.5. The van der Waals surface area contributed by atoms with Gasteiger partial charge in [0.15, 0.2) is 0 Å². The summed E-state index contributed by atoms with van der Waals surface area (Å²) in [6, 6.07) is 11.0. The number of anilines is 2. The van der Waals surface area contributed by atoms with Gasteiger partial charge in [-0.05, 0) is 61.1 Å². The van der Waals surface area contributed by atoms with Crippen molar-refractivity contribution in [3.05, 3.63) is 59.4 Å². The van der Waals surface area contributed by atoms with Crippen molar-refractivity contribution in [3.63, 3.8) is 0 Å². The summed E-state index contributed by atoms with van der Waals surface area (Å²) in [5.74, 6) is 0.380. The normalized spacial score (nSPS) is 25.9. The Morgan fingerprint density at radius 1 is 1.10 bits per heavy atom. The van der Waals surface area contributed by atoms with Gasteiger partial charge in [-0.2, -0.15) is 0 Å². The van der Waals surface area contributed by atoms with Crippen molar-refractivity contribution >= 4 is 45.7 Å². The largest absolute Gasteiger partial charge is 0.497 e. The summed E-state index contributed by atoms with van der Waals surface area (Å²) in [6.07, 6.45) is 5.46. The Morgan fingerprint density at radius 3 is 2.77 bits per heavy atom. The molecule has 1 spiro atoms. The summed E-state index contributed by atoms with van der Waals surface area (Å²) in [6.45, 7) is 3.33. The lowest BCUT2D eigenvalue weighted by atomic mass is 9.74. The lowest BCUT2D eigenvalue weighted by molar-refractivity contribution is -0.167. The Kier molecular flexibility index (Phi) is 6.33. The first-order valence-electron chi connectivity index (χ1n) is 13.8. The number of nitrogens with one attached hydrogen (secondary N) is 1. The molecule has 4 heterocycles. The molecule has 3 unspecified atom stereocenters. The first-order chi connectivity index (χ1) is 19.4. The number of pyridine rings is 1. The van der Waals surface area contributed by atoms with Gasteiger partial charge in [0.1, 0.15) is 11.4 Å². The SMILES string of the molecule is COc1ccc(Cl)c(C2CCC3C(=O)N(c4cncc5ccc(N6CC7(COCCO7)C6)cc45)C(=O)NC3C2)c1. The van der Waals surface area contributed by atoms with E-state index >= 15 is 0 Å². The molecule has 10 heteroatoms. The number of methoxy groups -OCH3 is 1. The Bertz CT molecular complexity index is 1480. The van der Waals surface area contributed by atoms with Crippen LogP contribution in [0.25, 0.3) is 10.8 Å². The first kappa shape index (κ1) is 25.6. The molecule has 3 atom stereocenters. The van der Waals surface area contributed by atoms with Gasteiger partial charge in [0.25, 0.3) is 0 Å². The minimum atomic E-state index is -0.418. The van der Waals surface area contributed by atoms with Crippen molar-refractivity contribution in [2.24, 2.45) is 5.92 Å². The second-order valence-corrected chi connectivity index (χ2v) is 11.6. The highest BCUT2D eigenvalue weighted by Crippen LogP contribution is 2.43. The van der Waals surface area contributed by atoms with Crippen LogP contribution in [0.15, 0.2) is 48.8 Å². The van der Waals surface area contributed by atoms with Crippen molar-refractivity contribution in [2.75, 3.05) is 49.8 Å². The van der Waals surface area contributed by atoms with Crippen LogP contribution >= 0.6 is 11.6 Å². The number of urea groups is 1. The van der Waals surface area contributed by atoms with Gasteiger partial charge < -0.3 is 24.4 Å². The van der Waals surface area contributed by atoms with Crippen LogP contribution in [0.4, 0.5) is 16.2 Å². The molecule has 0 bridgehead atoms. The standard InChI is InChI=1S/C30H31ClN4O5/c1-38-21-5-7-25(31)23(12-21)18-3-6-22-26(10-18)33-29(37)35(28(22)36)27-14-32-13-19-2-4-20(11-24(19)27)34-15-30(16-34)17-39-8-9-40-30/h2,4-5,7,11-14,18,22,26H,3,6,8-10,15-17H2,1H3,(H,33,37). The number of carbonyl (C=O) groups excluding carboxylic acids is 2. The maximum absolute atomic E-state index is 13.9. The lowest BCUT2D eigenvalue weighted by Crippen LogP contribution is -2.67. The highest BCUT2D eigenvalue weighted by molar-refractivity contribution is 6.31. The fourth-order valence-corrected chi connectivity index (χ4v) is 7.00. The number of ether oxygens (including phenoxy) is 3. The molecule has 7 rings (SSSR count). The molecule has 1 saturated carbocycles. The Morgan fingerprint density at radius 2 is 1.98 bits per heavy atom. The molecular formula is C30H31ClN4O5. The monoisotopic (exact) mass is 562 g/mol. The number of rotatable bonds is 4. The van der Waals surface area contributed by atoms with Gasteiger partial charge in [-0.3, -0.25) is 9.78 Å². The molecule has 40 heavy (non-hydrogen) atoms. The van der Waals surface area contributed by atoms with Gasteiger partial charge >= 0.3 is 6.03 Å². The summed E-state index contributed by atoms with van der Waals surface area (Å²) in [5.41, 5.74) is 2.26. The summed E-state index contributed by atoms with van der Waals surface area (Å²) in [4.78, 5) is 35.2. The molecule has 1 aromatic heterocycles. The number of amides is 3. The molecule has 2 aromatic carbocycles. The number of hydrogen-bond donors (Lipinski definition) is 1. The average Bonchev–Trinajstić information content (AvgIpc) is 2.96. The minimum absolute atomic E-state index is 0.128. The number of nitrogens with zero attached hydrogens (tertiary/aromatic N) is 3. The molecular weight excluding hydrogens is 532 g/mol. The number of carbonyl (C=O) groups is 2. The van der Waals surface area contributed by atoms with E-state index in [0.717, 1.165) is 47.3 Å². The van der Waals surface area contributed by atoms with Gasteiger partial charge in [0.2, 0.25) is 5.91 Å². The third-order valence-corrected chi connectivity index (χ3v) is 9.18. The van der Waals surface area contributed by atoms with E-state index < -0.39 is 6.03 Å². The Hall–Kier alpha value is -3.40. The Balaban J connectivity index is 1.13. The van der Waals surface area contributed by atoms with Crippen molar-refractivity contribution in [1.29, 1.82) is 0 Å². The maximum atomic E-state index is 13.9. The molecule has 3 aliphatic heterocycles. The van der Waals surface area contributed by atoms with E-state index in [1.165, 1.54) is 4.90 Å². The van der Waals surface area contributed by atoms with E-state index in [9.17, 15) is 9.59 Å². The average molecular weight is 563 g/mol. The Labute approximate surface area is 237 Å². The van der Waals surface area contributed by atoms with Gasteiger partial charge in [0.05, 0.1) is 57.8 Å². The number of halogens is 1. The predicted octanol–water partition coefficient (Wildman–Crippen LogP) is 4.51. The molecule has 4 aliphatic rings. The topological polar surface area (TPSA) is 93.2 Å². The summed E-state index contributed by atoms with van der Waals surface area (Å²) >= 11 is 6.53. The molecule has 3 aromatic rings. The molecule has 3 amide bonds. The number of imide groups is 1. The molecule has 208 valence electrons. The van der Waals surface area contributed by atoms with Crippen molar-refractivity contribution in [1.82, 2.24) is 10.3 Å². The fourth-order valence-electron chi connectivity index (χ4n) is 6.73. The third kappa shape index (κ3) is 4.27. The fraction of sp³-hybridized carbons (Fsp3) is 0.433.